The Labute approximate surface area is 184 Å². The molecule has 0 radical (unpaired) electrons. The Kier molecular flexibility index (Phi) is 5.17. The summed E-state index contributed by atoms with van der Waals surface area (Å²) < 4.78 is 27.4. The third-order valence-electron chi connectivity index (χ3n) is 8.43. The average molecular weight is 445 g/mol. The van der Waals surface area contributed by atoms with Crippen molar-refractivity contribution in [2.24, 2.45) is 22.4 Å². The molecule has 0 aliphatic heterocycles. The highest BCUT2D eigenvalue weighted by Crippen LogP contribution is 2.61. The molecule has 2 fully saturated rings. The second kappa shape index (κ2) is 7.62. The summed E-state index contributed by atoms with van der Waals surface area (Å²) in [6.45, 7) is 2.31. The number of carbonyl (C=O) groups excluding carboxylic acids is 1. The number of aryl methyl sites for hydroxylation is 1. The van der Waals surface area contributed by atoms with Crippen LogP contribution >= 0.6 is 0 Å². The Balaban J connectivity index is 1.34. The number of amides is 1. The number of nitrogens with one attached hydrogen (secondary N) is 1. The number of fused-ring (bicyclic) bond motifs is 5. The highest BCUT2D eigenvalue weighted by atomic mass is 32.2. The highest BCUT2D eigenvalue weighted by molar-refractivity contribution is 7.84. The summed E-state index contributed by atoms with van der Waals surface area (Å²) in [7, 11) is -4.01. The first kappa shape index (κ1) is 21.0. The zero-order chi connectivity index (χ0) is 21.8. The Morgan fingerprint density at radius 1 is 1.19 bits per heavy atom. The molecule has 0 aromatic heterocycles. The van der Waals surface area contributed by atoms with Gasteiger partial charge in [0.15, 0.2) is 0 Å². The first-order valence-electron chi connectivity index (χ1n) is 11.6. The van der Waals surface area contributed by atoms with Gasteiger partial charge in [0.2, 0.25) is 5.91 Å². The second-order valence-corrected chi connectivity index (χ2v) is 11.3. The van der Waals surface area contributed by atoms with Crippen LogP contribution in [0.2, 0.25) is 0 Å². The minimum absolute atomic E-state index is 0.0436. The summed E-state index contributed by atoms with van der Waals surface area (Å²) in [6.07, 6.45) is 11.9. The van der Waals surface area contributed by atoms with E-state index in [0.29, 0.717) is 23.8 Å². The van der Waals surface area contributed by atoms with Gasteiger partial charge in [-0.05, 0) is 86.0 Å². The van der Waals surface area contributed by atoms with Gasteiger partial charge in [0.05, 0.1) is 0 Å². The normalized spacial score (nSPS) is 32.6. The van der Waals surface area contributed by atoms with Gasteiger partial charge in [-0.25, -0.2) is 0 Å². The second-order valence-electron chi connectivity index (χ2n) is 10.1. The van der Waals surface area contributed by atoms with Gasteiger partial charge in [-0.2, -0.15) is 13.6 Å². The van der Waals surface area contributed by atoms with Crippen LogP contribution in [0.5, 0.6) is 5.75 Å². The van der Waals surface area contributed by atoms with E-state index < -0.39 is 10.3 Å². The lowest BCUT2D eigenvalue weighted by Gasteiger charge is -2.50. The molecule has 168 valence electrons. The number of hydrogen-bond donors (Lipinski definition) is 2. The maximum Gasteiger partial charge on any atom is 0.380 e. The largest absolute Gasteiger partial charge is 0.380 e. The van der Waals surface area contributed by atoms with Crippen molar-refractivity contribution in [1.82, 2.24) is 5.32 Å². The quantitative estimate of drug-likeness (QED) is 0.739. The van der Waals surface area contributed by atoms with Crippen molar-refractivity contribution >= 4 is 16.2 Å². The molecule has 7 heteroatoms. The smallest absolute Gasteiger partial charge is 0.371 e. The lowest BCUT2D eigenvalue weighted by atomic mass is 9.54. The molecular weight excluding hydrogens is 412 g/mol. The first-order valence-corrected chi connectivity index (χ1v) is 13.1. The van der Waals surface area contributed by atoms with E-state index >= 15 is 0 Å². The predicted molar refractivity (Wildman–Crippen MR) is 119 cm³/mol. The lowest BCUT2D eigenvalue weighted by Crippen LogP contribution is -2.45. The molecule has 5 rings (SSSR count). The Hall–Kier alpha value is -1.86. The van der Waals surface area contributed by atoms with E-state index in [2.05, 4.69) is 18.3 Å². The van der Waals surface area contributed by atoms with Crippen LogP contribution in [0.3, 0.4) is 0 Å². The lowest BCUT2D eigenvalue weighted by molar-refractivity contribution is -0.119. The van der Waals surface area contributed by atoms with Crippen LogP contribution in [0.1, 0.15) is 75.3 Å². The maximum absolute atomic E-state index is 13.1. The highest BCUT2D eigenvalue weighted by Gasteiger charge is 2.53. The van der Waals surface area contributed by atoms with E-state index in [-0.39, 0.29) is 17.1 Å². The Morgan fingerprint density at radius 2 is 1.97 bits per heavy atom. The van der Waals surface area contributed by atoms with Gasteiger partial charge in [0.25, 0.3) is 0 Å². The molecule has 31 heavy (non-hydrogen) atoms. The Morgan fingerprint density at radius 3 is 2.71 bits per heavy atom. The molecular formula is C24H32N2O4S. The number of rotatable bonds is 4. The molecule has 0 saturated heterocycles. The van der Waals surface area contributed by atoms with Gasteiger partial charge in [-0.15, -0.1) is 0 Å². The molecule has 4 aliphatic carbocycles. The van der Waals surface area contributed by atoms with Crippen molar-refractivity contribution in [3.05, 3.63) is 41.0 Å². The van der Waals surface area contributed by atoms with Crippen LogP contribution in [0.15, 0.2) is 29.8 Å². The first-order chi connectivity index (χ1) is 14.7. The van der Waals surface area contributed by atoms with Gasteiger partial charge in [0, 0.05) is 17.0 Å². The molecule has 0 heterocycles. The summed E-state index contributed by atoms with van der Waals surface area (Å²) in [5.74, 6) is 1.94. The number of benzene rings is 1. The molecule has 3 N–H and O–H groups in total. The molecule has 1 aromatic rings. The van der Waals surface area contributed by atoms with Crippen molar-refractivity contribution in [2.75, 3.05) is 0 Å². The summed E-state index contributed by atoms with van der Waals surface area (Å²) >= 11 is 0. The van der Waals surface area contributed by atoms with E-state index in [4.69, 9.17) is 9.32 Å². The molecule has 4 unspecified atom stereocenters. The topological polar surface area (TPSA) is 98.5 Å². The third kappa shape index (κ3) is 3.80. The van der Waals surface area contributed by atoms with Crippen LogP contribution in [-0.2, 0) is 21.5 Å². The average Bonchev–Trinajstić information content (AvgIpc) is 3.33. The van der Waals surface area contributed by atoms with E-state index in [1.807, 2.05) is 12.1 Å². The van der Waals surface area contributed by atoms with Crippen LogP contribution in [-0.4, -0.2) is 20.4 Å². The van der Waals surface area contributed by atoms with E-state index in [1.165, 1.54) is 18.4 Å². The standard InChI is InChI=1S/C24H32N2O4S/c1-24-13-12-19-18-9-7-17(30-31(25,28)29)14-15(18)6-8-20(19)21(24)10-11-22(24)23(27)26-16-4-2-3-5-16/h7,9,11,14,16,19-21H,2-6,8,10,12-13H2,1H3,(H,26,27)(H2,25,28,29). The van der Waals surface area contributed by atoms with Gasteiger partial charge in [-0.1, -0.05) is 31.9 Å². The van der Waals surface area contributed by atoms with Crippen molar-refractivity contribution in [2.45, 2.75) is 76.7 Å². The van der Waals surface area contributed by atoms with Crippen LogP contribution in [0.25, 0.3) is 0 Å². The van der Waals surface area contributed by atoms with Gasteiger partial charge in [-0.3, -0.25) is 4.79 Å². The van der Waals surface area contributed by atoms with Crippen molar-refractivity contribution in [3.8, 4) is 5.75 Å². The third-order valence-corrected chi connectivity index (χ3v) is 8.85. The minimum atomic E-state index is -4.01. The fourth-order valence-electron chi connectivity index (χ4n) is 7.00. The van der Waals surface area contributed by atoms with E-state index in [1.54, 1.807) is 6.07 Å². The molecule has 0 bridgehead atoms. The molecule has 1 amide bonds. The molecule has 1 aromatic carbocycles. The fourth-order valence-corrected chi connectivity index (χ4v) is 7.37. The summed E-state index contributed by atoms with van der Waals surface area (Å²) in [5.41, 5.74) is 3.45. The van der Waals surface area contributed by atoms with Crippen LogP contribution < -0.4 is 14.6 Å². The van der Waals surface area contributed by atoms with E-state index in [0.717, 1.165) is 56.1 Å². The molecule has 4 atom stereocenters. The summed E-state index contributed by atoms with van der Waals surface area (Å²) in [4.78, 5) is 13.1. The van der Waals surface area contributed by atoms with Crippen molar-refractivity contribution in [3.63, 3.8) is 0 Å². The maximum atomic E-state index is 13.1. The van der Waals surface area contributed by atoms with E-state index in [9.17, 15) is 13.2 Å². The monoisotopic (exact) mass is 444 g/mol. The predicted octanol–water partition coefficient (Wildman–Crippen LogP) is 3.72. The molecule has 4 aliphatic rings. The van der Waals surface area contributed by atoms with Gasteiger partial charge < -0.3 is 9.50 Å². The summed E-state index contributed by atoms with van der Waals surface area (Å²) in [5, 5.41) is 8.33. The van der Waals surface area contributed by atoms with Crippen molar-refractivity contribution < 1.29 is 17.4 Å². The fraction of sp³-hybridized carbons (Fsp3) is 0.625. The van der Waals surface area contributed by atoms with Crippen LogP contribution in [0.4, 0.5) is 0 Å². The van der Waals surface area contributed by atoms with Gasteiger partial charge in [0.1, 0.15) is 5.75 Å². The molecule has 2 saturated carbocycles. The number of carbonyl (C=O) groups is 1. The number of hydrogen-bond acceptors (Lipinski definition) is 4. The zero-order valence-electron chi connectivity index (χ0n) is 18.1. The minimum Gasteiger partial charge on any atom is -0.371 e. The van der Waals surface area contributed by atoms with Gasteiger partial charge >= 0.3 is 10.3 Å². The number of allylic oxidation sites excluding steroid dienone is 1. The van der Waals surface area contributed by atoms with Crippen molar-refractivity contribution in [1.29, 1.82) is 0 Å². The zero-order valence-corrected chi connectivity index (χ0v) is 18.9. The Bertz CT molecular complexity index is 1030. The SMILES string of the molecule is CC12CCC3c4ccc(OS(N)(=O)=O)cc4CCC3C1CC=C2C(=O)NC1CCCC1. The molecule has 0 spiro atoms. The summed E-state index contributed by atoms with van der Waals surface area (Å²) in [6, 6.07) is 5.91. The number of nitrogens with two attached hydrogens (primary N) is 1. The molecule has 6 nitrogen and oxygen atoms in total. The van der Waals surface area contributed by atoms with Crippen LogP contribution in [0, 0.1) is 17.3 Å².